The highest BCUT2D eigenvalue weighted by Crippen LogP contribution is 2.22. The number of nitrogens with one attached hydrogen (secondary N) is 1. The van der Waals surface area contributed by atoms with E-state index in [-0.39, 0.29) is 0 Å². The summed E-state index contributed by atoms with van der Waals surface area (Å²) >= 11 is 0. The van der Waals surface area contributed by atoms with Gasteiger partial charge in [0.05, 0.1) is 6.10 Å². The first-order valence-corrected chi connectivity index (χ1v) is 10.3. The Balaban J connectivity index is 1.65. The minimum absolute atomic E-state index is 0.419. The molecular formula is C21H34N4O. The van der Waals surface area contributed by atoms with Crippen molar-refractivity contribution in [1.82, 2.24) is 20.6 Å². The maximum Gasteiger partial charge on any atom is 0.151 e. The van der Waals surface area contributed by atoms with Crippen LogP contribution >= 0.6 is 0 Å². The van der Waals surface area contributed by atoms with Crippen molar-refractivity contribution in [2.75, 3.05) is 0 Å². The van der Waals surface area contributed by atoms with Gasteiger partial charge >= 0.3 is 0 Å². The maximum atomic E-state index is 10.5. The number of tetrazole rings is 1. The number of aromatic amines is 1. The number of aryl methyl sites for hydroxylation is 1. The van der Waals surface area contributed by atoms with Crippen LogP contribution in [0.4, 0.5) is 0 Å². The first-order valence-electron chi connectivity index (χ1n) is 10.3. The Kier molecular flexibility index (Phi) is 9.95. The third-order valence-electron chi connectivity index (χ3n) is 4.99. The van der Waals surface area contributed by atoms with Crippen molar-refractivity contribution in [3.05, 3.63) is 41.2 Å². The SMILES string of the molecule is CCCCCCCCCCCCc1ccccc1C(O)Cc1nnn[nH]1. The average molecular weight is 359 g/mol. The summed E-state index contributed by atoms with van der Waals surface area (Å²) in [5.41, 5.74) is 2.24. The zero-order chi connectivity index (χ0) is 18.5. The molecule has 2 rings (SSSR count). The van der Waals surface area contributed by atoms with Crippen LogP contribution in [0.15, 0.2) is 24.3 Å². The standard InChI is InChI=1S/C21H34N4O/c1-2-3-4-5-6-7-8-9-10-11-14-18-15-12-13-16-19(18)20(26)17-21-22-24-25-23-21/h12-13,15-16,20,26H,2-11,14,17H2,1H3,(H,22,23,24,25). The largest absolute Gasteiger partial charge is 0.388 e. The molecule has 0 saturated carbocycles. The monoisotopic (exact) mass is 358 g/mol. The Hall–Kier alpha value is -1.75. The molecule has 0 spiro atoms. The Morgan fingerprint density at radius 1 is 0.923 bits per heavy atom. The molecule has 144 valence electrons. The zero-order valence-corrected chi connectivity index (χ0v) is 16.2. The van der Waals surface area contributed by atoms with Crippen LogP contribution in [0.2, 0.25) is 0 Å². The molecule has 2 N–H and O–H groups in total. The zero-order valence-electron chi connectivity index (χ0n) is 16.2. The van der Waals surface area contributed by atoms with Gasteiger partial charge in [0, 0.05) is 6.42 Å². The highest BCUT2D eigenvalue weighted by Gasteiger charge is 2.14. The van der Waals surface area contributed by atoms with Gasteiger partial charge in [0.1, 0.15) is 0 Å². The fourth-order valence-electron chi connectivity index (χ4n) is 3.45. The van der Waals surface area contributed by atoms with E-state index in [1.807, 2.05) is 12.1 Å². The lowest BCUT2D eigenvalue weighted by Gasteiger charge is -2.14. The average Bonchev–Trinajstić information content (AvgIpc) is 3.16. The van der Waals surface area contributed by atoms with Gasteiger partial charge in [-0.2, -0.15) is 0 Å². The molecule has 2 aromatic rings. The fourth-order valence-corrected chi connectivity index (χ4v) is 3.45. The van der Waals surface area contributed by atoms with Crippen molar-refractivity contribution < 1.29 is 5.11 Å². The number of nitrogens with zero attached hydrogens (tertiary/aromatic N) is 3. The second-order valence-electron chi connectivity index (χ2n) is 7.20. The minimum Gasteiger partial charge on any atom is -0.388 e. The first-order chi connectivity index (χ1) is 12.8. The Morgan fingerprint density at radius 2 is 1.58 bits per heavy atom. The Bertz CT molecular complexity index is 585. The molecular weight excluding hydrogens is 324 g/mol. The minimum atomic E-state index is -0.566. The number of aliphatic hydroxyl groups is 1. The molecule has 5 nitrogen and oxygen atoms in total. The summed E-state index contributed by atoms with van der Waals surface area (Å²) < 4.78 is 0. The van der Waals surface area contributed by atoms with Gasteiger partial charge in [-0.25, -0.2) is 5.10 Å². The van der Waals surface area contributed by atoms with Crippen molar-refractivity contribution in [1.29, 1.82) is 0 Å². The summed E-state index contributed by atoms with van der Waals surface area (Å²) in [6.45, 7) is 2.27. The molecule has 0 aliphatic carbocycles. The summed E-state index contributed by atoms with van der Waals surface area (Å²) in [6, 6.07) is 8.18. The second-order valence-corrected chi connectivity index (χ2v) is 7.20. The van der Waals surface area contributed by atoms with E-state index < -0.39 is 6.10 Å². The van der Waals surface area contributed by atoms with Gasteiger partial charge in [0.15, 0.2) is 5.82 Å². The predicted molar refractivity (Wildman–Crippen MR) is 105 cm³/mol. The normalized spacial score (nSPS) is 12.4. The van der Waals surface area contributed by atoms with E-state index in [4.69, 9.17) is 0 Å². The van der Waals surface area contributed by atoms with Gasteiger partial charge in [-0.05, 0) is 34.4 Å². The summed E-state index contributed by atoms with van der Waals surface area (Å²) in [4.78, 5) is 0. The Morgan fingerprint density at radius 3 is 2.23 bits per heavy atom. The third-order valence-corrected chi connectivity index (χ3v) is 4.99. The van der Waals surface area contributed by atoms with Gasteiger partial charge in [0.25, 0.3) is 0 Å². The number of hydrogen-bond donors (Lipinski definition) is 2. The quantitative estimate of drug-likeness (QED) is 0.469. The number of H-pyrrole nitrogens is 1. The van der Waals surface area contributed by atoms with E-state index in [1.165, 1.54) is 69.8 Å². The lowest BCUT2D eigenvalue weighted by Crippen LogP contribution is -2.07. The van der Waals surface area contributed by atoms with Crippen LogP contribution in [0, 0.1) is 0 Å². The second kappa shape index (κ2) is 12.6. The lowest BCUT2D eigenvalue weighted by atomic mass is 9.95. The summed E-state index contributed by atoms with van der Waals surface area (Å²) in [5, 5.41) is 24.2. The van der Waals surface area contributed by atoms with E-state index in [2.05, 4.69) is 39.7 Å². The van der Waals surface area contributed by atoms with E-state index in [9.17, 15) is 5.11 Å². The molecule has 0 bridgehead atoms. The first kappa shape index (κ1) is 20.6. The number of unbranched alkanes of at least 4 members (excludes halogenated alkanes) is 9. The molecule has 0 aliphatic rings. The molecule has 26 heavy (non-hydrogen) atoms. The predicted octanol–water partition coefficient (Wildman–Crippen LogP) is 4.94. The van der Waals surface area contributed by atoms with Crippen LogP contribution in [-0.2, 0) is 12.8 Å². The molecule has 1 aromatic carbocycles. The molecule has 1 unspecified atom stereocenters. The van der Waals surface area contributed by atoms with Gasteiger partial charge < -0.3 is 5.11 Å². The molecule has 1 aromatic heterocycles. The lowest BCUT2D eigenvalue weighted by molar-refractivity contribution is 0.174. The van der Waals surface area contributed by atoms with Gasteiger partial charge in [-0.3, -0.25) is 0 Å². The van der Waals surface area contributed by atoms with Gasteiger partial charge in [0.2, 0.25) is 0 Å². The van der Waals surface area contributed by atoms with Crippen molar-refractivity contribution in [3.8, 4) is 0 Å². The fraction of sp³-hybridized carbons (Fsp3) is 0.667. The molecule has 0 radical (unpaired) electrons. The van der Waals surface area contributed by atoms with Crippen LogP contribution in [0.5, 0.6) is 0 Å². The van der Waals surface area contributed by atoms with Crippen LogP contribution in [-0.4, -0.2) is 25.7 Å². The van der Waals surface area contributed by atoms with Crippen molar-refractivity contribution >= 4 is 0 Å². The van der Waals surface area contributed by atoms with E-state index in [1.54, 1.807) is 0 Å². The van der Waals surface area contributed by atoms with Crippen LogP contribution < -0.4 is 0 Å². The molecule has 0 amide bonds. The number of aromatic nitrogens is 4. The topological polar surface area (TPSA) is 74.7 Å². The number of rotatable bonds is 14. The molecule has 0 fully saturated rings. The molecule has 5 heteroatoms. The highest BCUT2D eigenvalue weighted by atomic mass is 16.3. The molecule has 1 heterocycles. The Labute approximate surface area is 157 Å². The molecule has 0 aliphatic heterocycles. The third kappa shape index (κ3) is 7.65. The van der Waals surface area contributed by atoms with Crippen LogP contribution in [0.1, 0.15) is 94.2 Å². The van der Waals surface area contributed by atoms with Crippen molar-refractivity contribution in [2.24, 2.45) is 0 Å². The summed E-state index contributed by atoms with van der Waals surface area (Å²) in [7, 11) is 0. The van der Waals surface area contributed by atoms with Gasteiger partial charge in [-0.1, -0.05) is 89.0 Å². The van der Waals surface area contributed by atoms with Crippen molar-refractivity contribution in [2.45, 2.75) is 90.1 Å². The van der Waals surface area contributed by atoms with E-state index >= 15 is 0 Å². The van der Waals surface area contributed by atoms with E-state index in [0.717, 1.165) is 12.0 Å². The number of aliphatic hydroxyl groups excluding tert-OH is 1. The molecule has 1 atom stereocenters. The smallest absolute Gasteiger partial charge is 0.151 e. The van der Waals surface area contributed by atoms with Crippen LogP contribution in [0.25, 0.3) is 0 Å². The number of benzene rings is 1. The van der Waals surface area contributed by atoms with E-state index in [0.29, 0.717) is 12.2 Å². The van der Waals surface area contributed by atoms with Crippen LogP contribution in [0.3, 0.4) is 0 Å². The number of hydrogen-bond acceptors (Lipinski definition) is 4. The van der Waals surface area contributed by atoms with Crippen molar-refractivity contribution in [3.63, 3.8) is 0 Å². The highest BCUT2D eigenvalue weighted by molar-refractivity contribution is 5.29. The summed E-state index contributed by atoms with van der Waals surface area (Å²) in [5.74, 6) is 0.617. The molecule has 0 saturated heterocycles. The van der Waals surface area contributed by atoms with Gasteiger partial charge in [-0.15, -0.1) is 5.10 Å². The maximum absolute atomic E-state index is 10.5. The summed E-state index contributed by atoms with van der Waals surface area (Å²) in [6.07, 6.45) is 14.3.